The van der Waals surface area contributed by atoms with Crippen molar-refractivity contribution in [3.63, 3.8) is 0 Å². The molecule has 28 heavy (non-hydrogen) atoms. The van der Waals surface area contributed by atoms with E-state index in [1.807, 2.05) is 21.6 Å². The molecule has 2 aromatic heterocycles. The minimum atomic E-state index is -0.325. The molecule has 1 N–H and O–H groups in total. The maximum absolute atomic E-state index is 13.0. The molecular weight excluding hydrogens is 356 g/mol. The zero-order valence-electron chi connectivity index (χ0n) is 16.3. The van der Waals surface area contributed by atoms with E-state index < -0.39 is 0 Å². The van der Waals surface area contributed by atoms with Crippen LogP contribution in [0, 0.1) is 11.8 Å². The zero-order valence-corrected chi connectivity index (χ0v) is 16.3. The van der Waals surface area contributed by atoms with Crippen LogP contribution in [0.25, 0.3) is 0 Å². The summed E-state index contributed by atoms with van der Waals surface area (Å²) in [6, 6.07) is 8.39. The molecule has 0 radical (unpaired) electrons. The van der Waals surface area contributed by atoms with Gasteiger partial charge in [0.25, 0.3) is 17.0 Å². The SMILES string of the molecule is CC(C)CC[C@H]1[C@H]2C[C@H](CN(C(=O)c3ccc(=O)[nH]n3)C2)c2cccc(=O)n21. The number of likely N-dealkylation sites (tertiary alicyclic amines) is 1. The van der Waals surface area contributed by atoms with Crippen molar-refractivity contribution in [3.8, 4) is 0 Å². The van der Waals surface area contributed by atoms with Crippen molar-refractivity contribution in [3.05, 3.63) is 62.4 Å². The summed E-state index contributed by atoms with van der Waals surface area (Å²) in [5.74, 6) is 0.791. The number of aromatic nitrogens is 3. The number of carbonyl (C=O) groups is 1. The van der Waals surface area contributed by atoms with E-state index in [4.69, 9.17) is 0 Å². The van der Waals surface area contributed by atoms with E-state index in [9.17, 15) is 14.4 Å². The van der Waals surface area contributed by atoms with Gasteiger partial charge in [-0.25, -0.2) is 5.10 Å². The molecule has 7 heteroatoms. The van der Waals surface area contributed by atoms with Crippen LogP contribution in [0.5, 0.6) is 0 Å². The van der Waals surface area contributed by atoms with Crippen LogP contribution in [0.15, 0.2) is 39.9 Å². The summed E-state index contributed by atoms with van der Waals surface area (Å²) < 4.78 is 1.99. The van der Waals surface area contributed by atoms with Crippen LogP contribution in [0.4, 0.5) is 0 Å². The lowest BCUT2D eigenvalue weighted by Gasteiger charge is -2.47. The molecule has 0 saturated carbocycles. The summed E-state index contributed by atoms with van der Waals surface area (Å²) in [4.78, 5) is 38.7. The van der Waals surface area contributed by atoms with Crippen molar-refractivity contribution < 1.29 is 4.79 Å². The van der Waals surface area contributed by atoms with Crippen LogP contribution in [-0.4, -0.2) is 38.7 Å². The average molecular weight is 382 g/mol. The molecule has 1 amide bonds. The summed E-state index contributed by atoms with van der Waals surface area (Å²) >= 11 is 0. The number of aromatic amines is 1. The Bertz CT molecular complexity index is 973. The van der Waals surface area contributed by atoms with E-state index in [1.54, 1.807) is 6.07 Å². The van der Waals surface area contributed by atoms with Crippen molar-refractivity contribution in [1.29, 1.82) is 0 Å². The third-order valence-corrected chi connectivity index (χ3v) is 6.02. The predicted octanol–water partition coefficient (Wildman–Crippen LogP) is 2.17. The molecule has 0 spiro atoms. The standard InChI is InChI=1S/C21H26N4O3/c1-13(2)6-8-18-15-10-14(17-4-3-5-20(27)25(17)18)11-24(12-15)21(28)16-7-9-19(26)23-22-16/h3-5,7,9,13-15,18H,6,8,10-12H2,1-2H3,(H,23,26)/t14-,15+,18+/m1/s1. The number of carbonyl (C=O) groups excluding carboxylic acids is 1. The van der Waals surface area contributed by atoms with Crippen LogP contribution >= 0.6 is 0 Å². The molecule has 0 aliphatic carbocycles. The average Bonchev–Trinajstić information content (AvgIpc) is 2.68. The maximum atomic E-state index is 13.0. The van der Waals surface area contributed by atoms with E-state index in [0.29, 0.717) is 19.0 Å². The number of amides is 1. The number of pyridine rings is 1. The van der Waals surface area contributed by atoms with Gasteiger partial charge in [-0.1, -0.05) is 19.9 Å². The minimum Gasteiger partial charge on any atom is -0.336 e. The smallest absolute Gasteiger partial charge is 0.274 e. The summed E-state index contributed by atoms with van der Waals surface area (Å²) in [7, 11) is 0. The summed E-state index contributed by atoms with van der Waals surface area (Å²) in [5, 5.41) is 6.24. The Balaban J connectivity index is 1.66. The monoisotopic (exact) mass is 382 g/mol. The van der Waals surface area contributed by atoms with Gasteiger partial charge in [-0.05, 0) is 43.2 Å². The number of nitrogens with one attached hydrogen (secondary N) is 1. The molecule has 148 valence electrons. The van der Waals surface area contributed by atoms with Crippen molar-refractivity contribution in [2.24, 2.45) is 11.8 Å². The molecule has 2 aromatic rings. The third-order valence-electron chi connectivity index (χ3n) is 6.02. The second-order valence-electron chi connectivity index (χ2n) is 8.41. The molecule has 0 unspecified atom stereocenters. The van der Waals surface area contributed by atoms with E-state index >= 15 is 0 Å². The highest BCUT2D eigenvalue weighted by molar-refractivity contribution is 5.92. The second-order valence-corrected chi connectivity index (χ2v) is 8.41. The summed E-state index contributed by atoms with van der Waals surface area (Å²) in [5.41, 5.74) is 1.02. The molecule has 4 rings (SSSR count). The molecule has 4 heterocycles. The lowest BCUT2D eigenvalue weighted by atomic mass is 9.76. The highest BCUT2D eigenvalue weighted by Crippen LogP contribution is 2.43. The molecule has 2 bridgehead atoms. The highest BCUT2D eigenvalue weighted by Gasteiger charge is 2.41. The van der Waals surface area contributed by atoms with Gasteiger partial charge in [0.15, 0.2) is 0 Å². The van der Waals surface area contributed by atoms with Gasteiger partial charge in [-0.3, -0.25) is 14.4 Å². The number of hydrogen-bond donors (Lipinski definition) is 1. The third kappa shape index (κ3) is 3.41. The first-order chi connectivity index (χ1) is 13.4. The van der Waals surface area contributed by atoms with Gasteiger partial charge in [0.05, 0.1) is 0 Å². The van der Waals surface area contributed by atoms with Gasteiger partial charge < -0.3 is 9.47 Å². The topological polar surface area (TPSA) is 88.1 Å². The van der Waals surface area contributed by atoms with Gasteiger partial charge in [0.1, 0.15) is 5.69 Å². The van der Waals surface area contributed by atoms with Gasteiger partial charge in [0, 0.05) is 42.9 Å². The van der Waals surface area contributed by atoms with Crippen LogP contribution in [0.3, 0.4) is 0 Å². The van der Waals surface area contributed by atoms with Crippen molar-refractivity contribution in [2.75, 3.05) is 13.1 Å². The fourth-order valence-electron chi connectivity index (χ4n) is 4.71. The summed E-state index contributed by atoms with van der Waals surface area (Å²) in [6.07, 6.45) is 2.97. The van der Waals surface area contributed by atoms with Crippen molar-refractivity contribution >= 4 is 5.91 Å². The molecule has 1 fully saturated rings. The Kier molecular flexibility index (Phi) is 4.91. The largest absolute Gasteiger partial charge is 0.336 e. The van der Waals surface area contributed by atoms with Crippen LogP contribution in [-0.2, 0) is 0 Å². The Morgan fingerprint density at radius 2 is 2.04 bits per heavy atom. The Hall–Kier alpha value is -2.70. The molecule has 1 saturated heterocycles. The molecule has 2 aliphatic rings. The van der Waals surface area contributed by atoms with E-state index in [0.717, 1.165) is 25.0 Å². The number of rotatable bonds is 4. The first kappa shape index (κ1) is 18.7. The molecular formula is C21H26N4O3. The molecule has 7 nitrogen and oxygen atoms in total. The Morgan fingerprint density at radius 3 is 2.75 bits per heavy atom. The quantitative estimate of drug-likeness (QED) is 0.878. The summed E-state index contributed by atoms with van der Waals surface area (Å²) in [6.45, 7) is 5.56. The fraction of sp³-hybridized carbons (Fsp3) is 0.524. The number of H-pyrrole nitrogens is 1. The van der Waals surface area contributed by atoms with Crippen LogP contribution in [0.2, 0.25) is 0 Å². The lowest BCUT2D eigenvalue weighted by Crippen LogP contribution is -2.51. The normalized spacial score (nSPS) is 23.5. The minimum absolute atomic E-state index is 0.0584. The fourth-order valence-corrected chi connectivity index (χ4v) is 4.71. The van der Waals surface area contributed by atoms with Crippen LogP contribution in [0.1, 0.15) is 61.3 Å². The Labute approximate surface area is 163 Å². The van der Waals surface area contributed by atoms with E-state index in [2.05, 4.69) is 24.0 Å². The van der Waals surface area contributed by atoms with E-state index in [-0.39, 0.29) is 40.6 Å². The first-order valence-corrected chi connectivity index (χ1v) is 10.0. The maximum Gasteiger partial charge on any atom is 0.274 e. The number of nitrogens with zero attached hydrogens (tertiary/aromatic N) is 3. The zero-order chi connectivity index (χ0) is 19.8. The van der Waals surface area contributed by atoms with Crippen LogP contribution < -0.4 is 11.1 Å². The molecule has 0 aromatic carbocycles. The van der Waals surface area contributed by atoms with Gasteiger partial charge >= 0.3 is 0 Å². The van der Waals surface area contributed by atoms with Crippen molar-refractivity contribution in [2.45, 2.75) is 45.1 Å². The van der Waals surface area contributed by atoms with Gasteiger partial charge in [0.2, 0.25) is 0 Å². The van der Waals surface area contributed by atoms with Crippen molar-refractivity contribution in [1.82, 2.24) is 19.7 Å². The molecule has 3 atom stereocenters. The predicted molar refractivity (Wildman–Crippen MR) is 105 cm³/mol. The van der Waals surface area contributed by atoms with Gasteiger partial charge in [-0.2, -0.15) is 5.10 Å². The van der Waals surface area contributed by atoms with Gasteiger partial charge in [-0.15, -0.1) is 0 Å². The number of hydrogen-bond acceptors (Lipinski definition) is 4. The second kappa shape index (κ2) is 7.37. The highest BCUT2D eigenvalue weighted by atomic mass is 16.2. The lowest BCUT2D eigenvalue weighted by molar-refractivity contribution is 0.0507. The van der Waals surface area contributed by atoms with E-state index in [1.165, 1.54) is 12.1 Å². The number of fused-ring (bicyclic) bond motifs is 4. The number of piperidine rings is 1. The Morgan fingerprint density at radius 1 is 1.21 bits per heavy atom. The first-order valence-electron chi connectivity index (χ1n) is 10.0. The molecule has 2 aliphatic heterocycles.